The average molecular weight is 309 g/mol. The second-order valence-corrected chi connectivity index (χ2v) is 6.61. The third kappa shape index (κ3) is 3.47. The summed E-state index contributed by atoms with van der Waals surface area (Å²) in [6.45, 7) is 7.16. The van der Waals surface area contributed by atoms with Crippen molar-refractivity contribution >= 4 is 22.4 Å². The van der Waals surface area contributed by atoms with Gasteiger partial charge in [-0.2, -0.15) is 5.10 Å². The van der Waals surface area contributed by atoms with Gasteiger partial charge in [0.05, 0.1) is 11.4 Å². The number of piperidine rings is 1. The highest BCUT2D eigenvalue weighted by Gasteiger charge is 2.29. The van der Waals surface area contributed by atoms with Gasteiger partial charge in [0.1, 0.15) is 4.90 Å². The fourth-order valence-corrected chi connectivity index (χ4v) is 4.13. The smallest absolute Gasteiger partial charge is 0.244 e. The van der Waals surface area contributed by atoms with Crippen molar-refractivity contribution in [1.29, 1.82) is 0 Å². The van der Waals surface area contributed by atoms with E-state index in [4.69, 9.17) is 0 Å². The van der Waals surface area contributed by atoms with Crippen LogP contribution in [0.5, 0.6) is 0 Å². The Hall–Kier alpha value is -0.630. The molecular formula is C11H21ClN4O2S. The number of nitrogens with zero attached hydrogens (tertiary/aromatic N) is 1. The maximum atomic E-state index is 12.4. The van der Waals surface area contributed by atoms with Gasteiger partial charge in [0.15, 0.2) is 0 Å². The molecule has 0 spiro atoms. The van der Waals surface area contributed by atoms with Crippen molar-refractivity contribution in [2.24, 2.45) is 5.92 Å². The SMILES string of the molecule is Cc1n[nH]c(C)c1S(=O)(=O)NC1CCNCC1C.Cl. The summed E-state index contributed by atoms with van der Waals surface area (Å²) >= 11 is 0. The molecule has 0 amide bonds. The van der Waals surface area contributed by atoms with Crippen LogP contribution in [-0.4, -0.2) is 37.7 Å². The van der Waals surface area contributed by atoms with Crippen LogP contribution in [0.25, 0.3) is 0 Å². The lowest BCUT2D eigenvalue weighted by Crippen LogP contribution is -2.48. The topological polar surface area (TPSA) is 86.9 Å². The molecule has 1 aromatic heterocycles. The van der Waals surface area contributed by atoms with Gasteiger partial charge in [-0.25, -0.2) is 13.1 Å². The van der Waals surface area contributed by atoms with Gasteiger partial charge in [-0.05, 0) is 39.3 Å². The molecule has 1 aliphatic heterocycles. The first-order valence-corrected chi connectivity index (χ1v) is 7.64. The molecule has 0 aliphatic carbocycles. The van der Waals surface area contributed by atoms with Crippen LogP contribution in [0.1, 0.15) is 24.7 Å². The molecule has 1 aromatic rings. The van der Waals surface area contributed by atoms with E-state index in [1.54, 1.807) is 13.8 Å². The van der Waals surface area contributed by atoms with Gasteiger partial charge in [-0.15, -0.1) is 12.4 Å². The van der Waals surface area contributed by atoms with E-state index in [9.17, 15) is 8.42 Å². The molecule has 19 heavy (non-hydrogen) atoms. The molecule has 1 saturated heterocycles. The van der Waals surface area contributed by atoms with Crippen LogP contribution in [0, 0.1) is 19.8 Å². The number of hydrogen-bond acceptors (Lipinski definition) is 4. The molecular weight excluding hydrogens is 288 g/mol. The summed E-state index contributed by atoms with van der Waals surface area (Å²) in [6, 6.07) is -0.00931. The molecule has 3 N–H and O–H groups in total. The second kappa shape index (κ2) is 6.21. The lowest BCUT2D eigenvalue weighted by molar-refractivity contribution is 0.328. The number of aromatic amines is 1. The Kier molecular flexibility index (Phi) is 5.37. The van der Waals surface area contributed by atoms with Crippen molar-refractivity contribution < 1.29 is 8.42 Å². The Labute approximate surface area is 120 Å². The standard InChI is InChI=1S/C11H20N4O2S.ClH/c1-7-6-12-5-4-10(7)15-18(16,17)11-8(2)13-14-9(11)3;/h7,10,12,15H,4-6H2,1-3H3,(H,13,14);1H. The zero-order chi connectivity index (χ0) is 13.3. The van der Waals surface area contributed by atoms with Gasteiger partial charge in [0.2, 0.25) is 10.0 Å². The first-order chi connectivity index (χ1) is 8.42. The molecule has 2 heterocycles. The number of sulfonamides is 1. The summed E-state index contributed by atoms with van der Waals surface area (Å²) < 4.78 is 27.5. The third-order valence-corrected chi connectivity index (χ3v) is 5.17. The van der Waals surface area contributed by atoms with Gasteiger partial charge >= 0.3 is 0 Å². The molecule has 2 unspecified atom stereocenters. The van der Waals surface area contributed by atoms with Gasteiger partial charge in [0, 0.05) is 6.04 Å². The minimum absolute atomic E-state index is 0. The summed E-state index contributed by atoms with van der Waals surface area (Å²) in [5.41, 5.74) is 1.10. The largest absolute Gasteiger partial charge is 0.316 e. The number of aromatic nitrogens is 2. The average Bonchev–Trinajstić information content (AvgIpc) is 2.62. The van der Waals surface area contributed by atoms with Crippen molar-refractivity contribution in [3.05, 3.63) is 11.4 Å². The number of H-pyrrole nitrogens is 1. The van der Waals surface area contributed by atoms with E-state index in [0.29, 0.717) is 17.3 Å². The molecule has 0 saturated carbocycles. The predicted octanol–water partition coefficient (Wildman–Crippen LogP) is 0.725. The van der Waals surface area contributed by atoms with Crippen LogP contribution in [0.2, 0.25) is 0 Å². The zero-order valence-electron chi connectivity index (χ0n) is 11.4. The van der Waals surface area contributed by atoms with Crippen LogP contribution in [-0.2, 0) is 10.0 Å². The van der Waals surface area contributed by atoms with Gasteiger partial charge in [-0.3, -0.25) is 5.10 Å². The molecule has 110 valence electrons. The minimum atomic E-state index is -3.48. The third-order valence-electron chi connectivity index (χ3n) is 3.42. The fraction of sp³-hybridized carbons (Fsp3) is 0.727. The summed E-state index contributed by atoms with van der Waals surface area (Å²) in [4.78, 5) is 0.285. The van der Waals surface area contributed by atoms with E-state index in [-0.39, 0.29) is 23.3 Å². The molecule has 2 rings (SSSR count). The van der Waals surface area contributed by atoms with E-state index >= 15 is 0 Å². The van der Waals surface area contributed by atoms with Crippen molar-refractivity contribution in [2.75, 3.05) is 13.1 Å². The Balaban J connectivity index is 0.00000180. The second-order valence-electron chi connectivity index (χ2n) is 4.96. The highest BCUT2D eigenvalue weighted by atomic mass is 35.5. The summed E-state index contributed by atoms with van der Waals surface area (Å²) in [7, 11) is -3.48. The van der Waals surface area contributed by atoms with Crippen molar-refractivity contribution in [1.82, 2.24) is 20.2 Å². The molecule has 8 heteroatoms. The molecule has 1 aliphatic rings. The summed E-state index contributed by atoms with van der Waals surface area (Å²) in [5.74, 6) is 0.293. The molecule has 0 bridgehead atoms. The zero-order valence-corrected chi connectivity index (χ0v) is 13.0. The van der Waals surface area contributed by atoms with E-state index in [1.165, 1.54) is 0 Å². The number of hydrogen-bond donors (Lipinski definition) is 3. The van der Waals surface area contributed by atoms with E-state index in [0.717, 1.165) is 19.5 Å². The highest BCUT2D eigenvalue weighted by Crippen LogP contribution is 2.19. The Morgan fingerprint density at radius 2 is 2.05 bits per heavy atom. The van der Waals surface area contributed by atoms with Crippen LogP contribution < -0.4 is 10.0 Å². The fourth-order valence-electron chi connectivity index (χ4n) is 2.38. The monoisotopic (exact) mass is 308 g/mol. The maximum absolute atomic E-state index is 12.4. The summed E-state index contributed by atoms with van der Waals surface area (Å²) in [5, 5.41) is 9.90. The lowest BCUT2D eigenvalue weighted by Gasteiger charge is -2.29. The van der Waals surface area contributed by atoms with Crippen LogP contribution >= 0.6 is 12.4 Å². The normalized spacial score (nSPS) is 23.9. The highest BCUT2D eigenvalue weighted by molar-refractivity contribution is 7.89. The molecule has 0 radical (unpaired) electrons. The first-order valence-electron chi connectivity index (χ1n) is 6.16. The number of rotatable bonds is 3. The molecule has 2 atom stereocenters. The lowest BCUT2D eigenvalue weighted by atomic mass is 9.97. The van der Waals surface area contributed by atoms with E-state index < -0.39 is 10.0 Å². The van der Waals surface area contributed by atoms with Gasteiger partial charge in [0.25, 0.3) is 0 Å². The van der Waals surface area contributed by atoms with Gasteiger partial charge < -0.3 is 5.32 Å². The Bertz CT molecular complexity index is 509. The Morgan fingerprint density at radius 3 is 2.58 bits per heavy atom. The number of aryl methyl sites for hydroxylation is 2. The number of nitrogens with one attached hydrogen (secondary N) is 3. The first kappa shape index (κ1) is 16.4. The predicted molar refractivity (Wildman–Crippen MR) is 76.1 cm³/mol. The van der Waals surface area contributed by atoms with Crippen molar-refractivity contribution in [2.45, 2.75) is 38.1 Å². The van der Waals surface area contributed by atoms with E-state index in [1.807, 2.05) is 0 Å². The quantitative estimate of drug-likeness (QED) is 0.768. The molecule has 1 fully saturated rings. The van der Waals surface area contributed by atoms with Crippen LogP contribution in [0.4, 0.5) is 0 Å². The van der Waals surface area contributed by atoms with Crippen molar-refractivity contribution in [3.63, 3.8) is 0 Å². The van der Waals surface area contributed by atoms with Crippen LogP contribution in [0.3, 0.4) is 0 Å². The van der Waals surface area contributed by atoms with Gasteiger partial charge in [-0.1, -0.05) is 6.92 Å². The minimum Gasteiger partial charge on any atom is -0.316 e. The number of halogens is 1. The van der Waals surface area contributed by atoms with Crippen molar-refractivity contribution in [3.8, 4) is 0 Å². The van der Waals surface area contributed by atoms with E-state index in [2.05, 4.69) is 27.2 Å². The maximum Gasteiger partial charge on any atom is 0.244 e. The molecule has 6 nitrogen and oxygen atoms in total. The molecule has 0 aromatic carbocycles. The summed E-state index contributed by atoms with van der Waals surface area (Å²) in [6.07, 6.45) is 0.816. The Morgan fingerprint density at radius 1 is 1.37 bits per heavy atom. The van der Waals surface area contributed by atoms with Crippen LogP contribution in [0.15, 0.2) is 4.90 Å².